The van der Waals surface area contributed by atoms with Gasteiger partial charge >= 0.3 is 5.97 Å². The predicted molar refractivity (Wildman–Crippen MR) is 91.1 cm³/mol. The molecule has 2 aromatic rings. The van der Waals surface area contributed by atoms with E-state index in [9.17, 15) is 9.90 Å². The zero-order valence-corrected chi connectivity index (χ0v) is 14.5. The fourth-order valence-corrected chi connectivity index (χ4v) is 2.47. The van der Waals surface area contributed by atoms with Crippen molar-refractivity contribution in [2.45, 2.75) is 13.8 Å². The maximum Gasteiger partial charge on any atom is 0.342 e. The number of aromatic hydroxyl groups is 1. The lowest BCUT2D eigenvalue weighted by Gasteiger charge is -2.15. The number of rotatable bonds is 4. The Bertz CT molecular complexity index is 801. The lowest BCUT2D eigenvalue weighted by atomic mass is 10.00. The number of nitrogens with zero attached hydrogens (tertiary/aromatic N) is 2. The van der Waals surface area contributed by atoms with Gasteiger partial charge in [0.05, 0.1) is 25.6 Å². The Balaban J connectivity index is 2.60. The van der Waals surface area contributed by atoms with E-state index in [1.807, 2.05) is 0 Å². The highest BCUT2D eigenvalue weighted by Crippen LogP contribution is 2.43. The maximum absolute atomic E-state index is 12.0. The molecule has 0 aromatic heterocycles. The van der Waals surface area contributed by atoms with Gasteiger partial charge in [-0.1, -0.05) is 11.6 Å². The first-order chi connectivity index (χ1) is 11.4. The van der Waals surface area contributed by atoms with Crippen LogP contribution in [0, 0.1) is 13.8 Å². The highest BCUT2D eigenvalue weighted by molar-refractivity contribution is 6.30. The minimum Gasteiger partial charge on any atom is -0.504 e. The second kappa shape index (κ2) is 7.31. The van der Waals surface area contributed by atoms with E-state index < -0.39 is 5.97 Å². The Hall–Kier alpha value is -2.60. The van der Waals surface area contributed by atoms with Crippen LogP contribution in [0.15, 0.2) is 34.5 Å². The lowest BCUT2D eigenvalue weighted by molar-refractivity contribution is 0.0596. The summed E-state index contributed by atoms with van der Waals surface area (Å²) in [5, 5.41) is 19.2. The fraction of sp³-hybridized carbons (Fsp3) is 0.235. The Morgan fingerprint density at radius 3 is 2.25 bits per heavy atom. The van der Waals surface area contributed by atoms with Crippen LogP contribution < -0.4 is 4.74 Å². The molecule has 6 nitrogen and oxygen atoms in total. The van der Waals surface area contributed by atoms with E-state index in [4.69, 9.17) is 21.1 Å². The average molecular weight is 349 g/mol. The van der Waals surface area contributed by atoms with Gasteiger partial charge in [-0.05, 0) is 43.7 Å². The Morgan fingerprint density at radius 1 is 1.08 bits per heavy atom. The van der Waals surface area contributed by atoms with E-state index in [-0.39, 0.29) is 17.1 Å². The van der Waals surface area contributed by atoms with Crippen molar-refractivity contribution < 1.29 is 19.4 Å². The SMILES string of the molecule is COC(=O)c1c(C)c(N=Nc2ccc(Cl)cc2)c(C)c(OC)c1O. The Labute approximate surface area is 144 Å². The molecule has 0 atom stereocenters. The summed E-state index contributed by atoms with van der Waals surface area (Å²) in [6.45, 7) is 3.39. The number of hydrogen-bond acceptors (Lipinski definition) is 6. The van der Waals surface area contributed by atoms with Crippen molar-refractivity contribution >= 4 is 28.9 Å². The lowest BCUT2D eigenvalue weighted by Crippen LogP contribution is -2.06. The quantitative estimate of drug-likeness (QED) is 0.631. The highest BCUT2D eigenvalue weighted by Gasteiger charge is 2.25. The van der Waals surface area contributed by atoms with Crippen molar-refractivity contribution in [3.05, 3.63) is 46.0 Å². The van der Waals surface area contributed by atoms with Gasteiger partial charge in [0.1, 0.15) is 5.56 Å². The minimum atomic E-state index is -0.675. The topological polar surface area (TPSA) is 80.5 Å². The molecule has 0 saturated carbocycles. The van der Waals surface area contributed by atoms with Gasteiger partial charge in [0.15, 0.2) is 11.5 Å². The summed E-state index contributed by atoms with van der Waals surface area (Å²) in [5.41, 5.74) is 2.06. The third-order valence-electron chi connectivity index (χ3n) is 3.56. The molecule has 24 heavy (non-hydrogen) atoms. The molecule has 2 aromatic carbocycles. The number of methoxy groups -OCH3 is 2. The fourth-order valence-electron chi connectivity index (χ4n) is 2.34. The first-order valence-electron chi connectivity index (χ1n) is 7.06. The van der Waals surface area contributed by atoms with Crippen molar-refractivity contribution in [3.63, 3.8) is 0 Å². The molecule has 0 spiro atoms. The van der Waals surface area contributed by atoms with Gasteiger partial charge in [-0.3, -0.25) is 0 Å². The number of halogens is 1. The smallest absolute Gasteiger partial charge is 0.342 e. The molecule has 0 fully saturated rings. The number of benzene rings is 2. The van der Waals surface area contributed by atoms with Gasteiger partial charge in [-0.15, -0.1) is 5.11 Å². The maximum atomic E-state index is 12.0. The molecule has 0 unspecified atom stereocenters. The van der Waals surface area contributed by atoms with E-state index in [2.05, 4.69) is 10.2 Å². The Kier molecular flexibility index (Phi) is 5.41. The molecule has 0 bridgehead atoms. The number of ether oxygens (including phenoxy) is 2. The van der Waals surface area contributed by atoms with Crippen LogP contribution >= 0.6 is 11.6 Å². The predicted octanol–water partition coefficient (Wildman–Crippen LogP) is 4.87. The number of hydrogen-bond donors (Lipinski definition) is 1. The number of esters is 1. The van der Waals surface area contributed by atoms with Gasteiger partial charge in [0.2, 0.25) is 0 Å². The molecule has 0 radical (unpaired) electrons. The van der Waals surface area contributed by atoms with Crippen molar-refractivity contribution in [1.29, 1.82) is 0 Å². The van der Waals surface area contributed by atoms with Gasteiger partial charge in [-0.2, -0.15) is 5.11 Å². The van der Waals surface area contributed by atoms with Gasteiger partial charge in [0.25, 0.3) is 0 Å². The molecule has 0 aliphatic heterocycles. The van der Waals surface area contributed by atoms with E-state index in [0.717, 1.165) is 0 Å². The number of carbonyl (C=O) groups excluding carboxylic acids is 1. The molecule has 0 heterocycles. The van der Waals surface area contributed by atoms with Crippen molar-refractivity contribution in [2.24, 2.45) is 10.2 Å². The second-order valence-corrected chi connectivity index (χ2v) is 5.46. The largest absolute Gasteiger partial charge is 0.504 e. The van der Waals surface area contributed by atoms with Crippen molar-refractivity contribution in [2.75, 3.05) is 14.2 Å². The van der Waals surface area contributed by atoms with Crippen LogP contribution in [0.25, 0.3) is 0 Å². The highest BCUT2D eigenvalue weighted by atomic mass is 35.5. The van der Waals surface area contributed by atoms with Gasteiger partial charge in [0, 0.05) is 10.6 Å². The molecule has 1 N–H and O–H groups in total. The molecule has 0 amide bonds. The van der Waals surface area contributed by atoms with E-state index in [1.54, 1.807) is 38.1 Å². The van der Waals surface area contributed by atoms with E-state index in [1.165, 1.54) is 14.2 Å². The molecule has 0 aliphatic carbocycles. The summed E-state index contributed by atoms with van der Waals surface area (Å²) < 4.78 is 9.92. The zero-order chi connectivity index (χ0) is 17.9. The molecule has 7 heteroatoms. The number of phenols is 1. The number of azo groups is 1. The van der Waals surface area contributed by atoms with Crippen LogP contribution in [0.1, 0.15) is 21.5 Å². The summed E-state index contributed by atoms with van der Waals surface area (Å²) in [6.07, 6.45) is 0. The second-order valence-electron chi connectivity index (χ2n) is 5.02. The molecular weight excluding hydrogens is 332 g/mol. The standard InChI is InChI=1S/C17H17ClN2O4/c1-9-13(17(22)24-4)15(21)16(23-3)10(2)14(9)20-19-12-7-5-11(18)6-8-12/h5-8,21H,1-4H3. The van der Waals surface area contributed by atoms with Crippen molar-refractivity contribution in [3.8, 4) is 11.5 Å². The van der Waals surface area contributed by atoms with Crippen LogP contribution in [-0.4, -0.2) is 25.3 Å². The van der Waals surface area contributed by atoms with E-state index >= 15 is 0 Å². The van der Waals surface area contributed by atoms with Crippen LogP contribution in [0.3, 0.4) is 0 Å². The summed E-state index contributed by atoms with van der Waals surface area (Å²) in [7, 11) is 2.64. The number of carbonyl (C=O) groups is 1. The Morgan fingerprint density at radius 2 is 1.71 bits per heavy atom. The van der Waals surface area contributed by atoms with Gasteiger partial charge < -0.3 is 14.6 Å². The molecule has 126 valence electrons. The van der Waals surface area contributed by atoms with Crippen LogP contribution in [0.5, 0.6) is 11.5 Å². The van der Waals surface area contributed by atoms with Crippen molar-refractivity contribution in [1.82, 2.24) is 0 Å². The van der Waals surface area contributed by atoms with Crippen LogP contribution in [-0.2, 0) is 4.74 Å². The van der Waals surface area contributed by atoms with Crippen LogP contribution in [0.2, 0.25) is 5.02 Å². The molecule has 0 saturated heterocycles. The summed E-state index contributed by atoms with van der Waals surface area (Å²) in [6, 6.07) is 6.84. The summed E-state index contributed by atoms with van der Waals surface area (Å²) in [4.78, 5) is 12.0. The normalized spacial score (nSPS) is 10.9. The molecule has 2 rings (SSSR count). The first-order valence-corrected chi connectivity index (χ1v) is 7.44. The number of phenolic OH excluding ortho intramolecular Hbond substituents is 1. The third kappa shape index (κ3) is 3.33. The monoisotopic (exact) mass is 348 g/mol. The first kappa shape index (κ1) is 17.7. The molecule has 0 aliphatic rings. The summed E-state index contributed by atoms with van der Waals surface area (Å²) in [5.74, 6) is -0.790. The third-order valence-corrected chi connectivity index (χ3v) is 3.82. The molecular formula is C17H17ClN2O4. The van der Waals surface area contributed by atoms with Crippen LogP contribution in [0.4, 0.5) is 11.4 Å². The summed E-state index contributed by atoms with van der Waals surface area (Å²) >= 11 is 5.84. The average Bonchev–Trinajstić information content (AvgIpc) is 2.56. The zero-order valence-electron chi connectivity index (χ0n) is 13.8. The minimum absolute atomic E-state index is 0.00464. The van der Waals surface area contributed by atoms with E-state index in [0.29, 0.717) is 27.5 Å². The van der Waals surface area contributed by atoms with Gasteiger partial charge in [-0.25, -0.2) is 4.79 Å².